The average Bonchev–Trinajstić information content (AvgIpc) is 2.53. The molecule has 0 amide bonds. The number of carbonyl (C=O) groups excluding carboxylic acids is 1. The molecule has 0 aliphatic carbocycles. The Morgan fingerprint density at radius 1 is 1.04 bits per heavy atom. The van der Waals surface area contributed by atoms with E-state index in [0.717, 1.165) is 12.1 Å². The summed E-state index contributed by atoms with van der Waals surface area (Å²) in [4.78, 5) is 15.0. The second kappa shape index (κ2) is 5.72. The number of pyridine rings is 1. The van der Waals surface area contributed by atoms with Gasteiger partial charge < -0.3 is 4.74 Å². The van der Waals surface area contributed by atoms with Crippen LogP contribution >= 0.6 is 0 Å². The lowest BCUT2D eigenvalue weighted by molar-refractivity contribution is 0.111. The average molecular weight is 317 g/mol. The predicted molar refractivity (Wildman–Crippen MR) is 78.3 cm³/mol. The number of aromatic nitrogens is 1. The van der Waals surface area contributed by atoms with Crippen LogP contribution in [-0.2, 0) is 0 Å². The van der Waals surface area contributed by atoms with Crippen molar-refractivity contribution in [2.45, 2.75) is 6.92 Å². The van der Waals surface area contributed by atoms with Crippen LogP contribution in [0.5, 0.6) is 11.5 Å². The van der Waals surface area contributed by atoms with Crippen molar-refractivity contribution < 1.29 is 22.7 Å². The Morgan fingerprint density at radius 2 is 1.83 bits per heavy atom. The molecule has 0 aliphatic heterocycles. The monoisotopic (exact) mass is 317 g/mol. The standard InChI is InChI=1S/C17H10F3NO2/c1-9-15(23-14-4-2-3-12(18)11(14)8-22)7-10-5-6-13(19)16(20)17(10)21-9/h2-8H,1H3. The lowest BCUT2D eigenvalue weighted by atomic mass is 10.1. The summed E-state index contributed by atoms with van der Waals surface area (Å²) < 4.78 is 46.1. The molecule has 0 N–H and O–H groups in total. The Hall–Kier alpha value is -2.89. The molecule has 6 heteroatoms. The van der Waals surface area contributed by atoms with E-state index in [4.69, 9.17) is 4.74 Å². The van der Waals surface area contributed by atoms with Crippen LogP contribution in [0.1, 0.15) is 16.1 Å². The van der Waals surface area contributed by atoms with Gasteiger partial charge in [0.25, 0.3) is 0 Å². The van der Waals surface area contributed by atoms with E-state index in [0.29, 0.717) is 11.7 Å². The largest absolute Gasteiger partial charge is 0.455 e. The predicted octanol–water partition coefficient (Wildman–Crippen LogP) is 4.57. The second-order valence-corrected chi connectivity index (χ2v) is 4.88. The summed E-state index contributed by atoms with van der Waals surface area (Å²) in [6.07, 6.45) is 0.351. The molecule has 0 atom stereocenters. The number of aryl methyl sites for hydroxylation is 1. The molecule has 3 rings (SSSR count). The van der Waals surface area contributed by atoms with Crippen molar-refractivity contribution >= 4 is 17.2 Å². The van der Waals surface area contributed by atoms with Crippen molar-refractivity contribution in [2.75, 3.05) is 0 Å². The van der Waals surface area contributed by atoms with Crippen LogP contribution in [-0.4, -0.2) is 11.3 Å². The Kier molecular flexibility index (Phi) is 3.73. The van der Waals surface area contributed by atoms with Gasteiger partial charge in [0.2, 0.25) is 0 Å². The Labute approximate surface area is 129 Å². The van der Waals surface area contributed by atoms with E-state index in [-0.39, 0.29) is 28.3 Å². The highest BCUT2D eigenvalue weighted by molar-refractivity contribution is 5.82. The third kappa shape index (κ3) is 2.63. The van der Waals surface area contributed by atoms with Crippen molar-refractivity contribution in [3.05, 3.63) is 65.1 Å². The fourth-order valence-electron chi connectivity index (χ4n) is 2.20. The van der Waals surface area contributed by atoms with Crippen LogP contribution in [0.4, 0.5) is 13.2 Å². The SMILES string of the molecule is Cc1nc2c(F)c(F)ccc2cc1Oc1cccc(F)c1C=O. The summed E-state index contributed by atoms with van der Waals surface area (Å²) in [7, 11) is 0. The van der Waals surface area contributed by atoms with E-state index in [9.17, 15) is 18.0 Å². The molecule has 116 valence electrons. The Bertz CT molecular complexity index is 925. The van der Waals surface area contributed by atoms with Crippen molar-refractivity contribution in [1.29, 1.82) is 0 Å². The summed E-state index contributed by atoms with van der Waals surface area (Å²) >= 11 is 0. The molecule has 0 fully saturated rings. The highest BCUT2D eigenvalue weighted by atomic mass is 19.2. The fraction of sp³-hybridized carbons (Fsp3) is 0.0588. The molecule has 3 nitrogen and oxygen atoms in total. The smallest absolute Gasteiger partial charge is 0.184 e. The van der Waals surface area contributed by atoms with Gasteiger partial charge >= 0.3 is 0 Å². The molecular formula is C17H10F3NO2. The van der Waals surface area contributed by atoms with E-state index < -0.39 is 17.5 Å². The van der Waals surface area contributed by atoms with Gasteiger partial charge in [0.15, 0.2) is 17.9 Å². The zero-order valence-electron chi connectivity index (χ0n) is 11.9. The van der Waals surface area contributed by atoms with Gasteiger partial charge in [-0.15, -0.1) is 0 Å². The third-order valence-electron chi connectivity index (χ3n) is 3.37. The quantitative estimate of drug-likeness (QED) is 0.665. The number of halogens is 3. The normalized spacial score (nSPS) is 10.8. The molecule has 3 aromatic rings. The van der Waals surface area contributed by atoms with Crippen LogP contribution in [0.2, 0.25) is 0 Å². The van der Waals surface area contributed by atoms with E-state index in [1.807, 2.05) is 0 Å². The number of carbonyl (C=O) groups is 1. The van der Waals surface area contributed by atoms with Gasteiger partial charge in [-0.3, -0.25) is 4.79 Å². The van der Waals surface area contributed by atoms with E-state index in [2.05, 4.69) is 4.98 Å². The number of aldehydes is 1. The molecule has 0 saturated heterocycles. The molecule has 1 aromatic heterocycles. The minimum atomic E-state index is -1.04. The van der Waals surface area contributed by atoms with Gasteiger partial charge in [0.05, 0.1) is 11.3 Å². The van der Waals surface area contributed by atoms with Crippen molar-refractivity contribution in [3.8, 4) is 11.5 Å². The number of benzene rings is 2. The van der Waals surface area contributed by atoms with Crippen molar-refractivity contribution in [3.63, 3.8) is 0 Å². The molecule has 0 spiro atoms. The van der Waals surface area contributed by atoms with E-state index in [1.54, 1.807) is 6.92 Å². The summed E-state index contributed by atoms with van der Waals surface area (Å²) in [5, 5.41) is 0.327. The number of rotatable bonds is 3. The van der Waals surface area contributed by atoms with Crippen LogP contribution in [0.3, 0.4) is 0 Å². The Balaban J connectivity index is 2.11. The molecule has 0 radical (unpaired) electrons. The van der Waals surface area contributed by atoms with Gasteiger partial charge in [-0.25, -0.2) is 18.2 Å². The maximum atomic E-state index is 13.7. The van der Waals surface area contributed by atoms with Gasteiger partial charge in [-0.05, 0) is 37.3 Å². The molecule has 1 heterocycles. The lowest BCUT2D eigenvalue weighted by Gasteiger charge is -2.12. The zero-order valence-corrected chi connectivity index (χ0v) is 11.9. The van der Waals surface area contributed by atoms with Gasteiger partial charge in [0, 0.05) is 5.39 Å². The Morgan fingerprint density at radius 3 is 2.57 bits per heavy atom. The topological polar surface area (TPSA) is 39.2 Å². The van der Waals surface area contributed by atoms with E-state index >= 15 is 0 Å². The fourth-order valence-corrected chi connectivity index (χ4v) is 2.20. The third-order valence-corrected chi connectivity index (χ3v) is 3.37. The number of nitrogens with zero attached hydrogens (tertiary/aromatic N) is 1. The molecule has 0 bridgehead atoms. The summed E-state index contributed by atoms with van der Waals surface area (Å²) in [6.45, 7) is 1.54. The number of fused-ring (bicyclic) bond motifs is 1. The van der Waals surface area contributed by atoms with Crippen LogP contribution in [0, 0.1) is 24.4 Å². The van der Waals surface area contributed by atoms with Gasteiger partial charge in [-0.2, -0.15) is 0 Å². The van der Waals surface area contributed by atoms with Crippen LogP contribution in [0.25, 0.3) is 10.9 Å². The first-order valence-corrected chi connectivity index (χ1v) is 6.68. The van der Waals surface area contributed by atoms with Crippen molar-refractivity contribution in [1.82, 2.24) is 4.98 Å². The zero-order chi connectivity index (χ0) is 16.6. The summed E-state index contributed by atoms with van der Waals surface area (Å²) in [6, 6.07) is 7.77. The number of hydrogen-bond acceptors (Lipinski definition) is 3. The first-order chi connectivity index (χ1) is 11.0. The van der Waals surface area contributed by atoms with Crippen molar-refractivity contribution in [2.24, 2.45) is 0 Å². The minimum Gasteiger partial charge on any atom is -0.455 e. The molecule has 0 unspecified atom stereocenters. The maximum Gasteiger partial charge on any atom is 0.184 e. The molecule has 2 aromatic carbocycles. The summed E-state index contributed by atoms with van der Waals surface area (Å²) in [5.74, 6) is -2.51. The van der Waals surface area contributed by atoms with Gasteiger partial charge in [0.1, 0.15) is 22.8 Å². The molecule has 0 aliphatic rings. The van der Waals surface area contributed by atoms with E-state index in [1.165, 1.54) is 24.3 Å². The first-order valence-electron chi connectivity index (χ1n) is 6.68. The first kappa shape index (κ1) is 15.0. The highest BCUT2D eigenvalue weighted by Crippen LogP contribution is 2.31. The highest BCUT2D eigenvalue weighted by Gasteiger charge is 2.14. The molecule has 23 heavy (non-hydrogen) atoms. The van der Waals surface area contributed by atoms with Gasteiger partial charge in [-0.1, -0.05) is 6.07 Å². The second-order valence-electron chi connectivity index (χ2n) is 4.88. The minimum absolute atomic E-state index is 0.0202. The molecular weight excluding hydrogens is 307 g/mol. The lowest BCUT2D eigenvalue weighted by Crippen LogP contribution is -1.98. The molecule has 0 saturated carbocycles. The number of hydrogen-bond donors (Lipinski definition) is 0. The van der Waals surface area contributed by atoms with Crippen LogP contribution < -0.4 is 4.74 Å². The maximum absolute atomic E-state index is 13.7. The summed E-state index contributed by atoms with van der Waals surface area (Å²) in [5.41, 5.74) is -0.0647. The van der Waals surface area contributed by atoms with Crippen LogP contribution in [0.15, 0.2) is 36.4 Å². The number of ether oxygens (including phenoxy) is 1.